The number of rotatable bonds is 5. The van der Waals surface area contributed by atoms with Crippen LogP contribution in [0.1, 0.15) is 0 Å². The van der Waals surface area contributed by atoms with Gasteiger partial charge in [0, 0.05) is 64.8 Å². The van der Waals surface area contributed by atoms with Crippen molar-refractivity contribution in [2.75, 3.05) is 63.8 Å². The predicted molar refractivity (Wildman–Crippen MR) is 130 cm³/mol. The molecule has 0 N–H and O–H groups in total. The highest BCUT2D eigenvalue weighted by molar-refractivity contribution is 7.89. The first-order valence-corrected chi connectivity index (χ1v) is 13.0. The lowest BCUT2D eigenvalue weighted by molar-refractivity contribution is -0.133. The Balaban J connectivity index is 1.14. The van der Waals surface area contributed by atoms with Gasteiger partial charge >= 0.3 is 0 Å². The molecular formula is C24H28N6O3S. The number of fused-ring (bicyclic) bond motifs is 1. The van der Waals surface area contributed by atoms with Gasteiger partial charge in [0.25, 0.3) is 0 Å². The van der Waals surface area contributed by atoms with Gasteiger partial charge in [-0.1, -0.05) is 30.3 Å². The number of nitrogens with zero attached hydrogens (tertiary/aromatic N) is 6. The summed E-state index contributed by atoms with van der Waals surface area (Å²) in [6, 6.07) is 14.7. The first kappa shape index (κ1) is 22.7. The fraction of sp³-hybridized carbons (Fsp3) is 0.375. The maximum absolute atomic E-state index is 13.2. The molecule has 2 saturated heterocycles. The van der Waals surface area contributed by atoms with Crippen LogP contribution in [0.15, 0.2) is 65.8 Å². The summed E-state index contributed by atoms with van der Waals surface area (Å²) in [6.07, 6.45) is 3.47. The first-order valence-electron chi connectivity index (χ1n) is 11.5. The number of amides is 1. The molecule has 2 aliphatic heterocycles. The zero-order chi connectivity index (χ0) is 23.5. The van der Waals surface area contributed by atoms with Crippen molar-refractivity contribution in [2.45, 2.75) is 4.90 Å². The second-order valence-corrected chi connectivity index (χ2v) is 10.5. The lowest BCUT2D eigenvalue weighted by atomic mass is 10.1. The summed E-state index contributed by atoms with van der Waals surface area (Å²) in [5.74, 6) is 0.768. The molecule has 1 amide bonds. The molecule has 0 saturated carbocycles. The van der Waals surface area contributed by atoms with Gasteiger partial charge < -0.3 is 9.80 Å². The van der Waals surface area contributed by atoms with Crippen LogP contribution in [0.25, 0.3) is 10.8 Å². The van der Waals surface area contributed by atoms with Crippen molar-refractivity contribution >= 4 is 32.7 Å². The summed E-state index contributed by atoms with van der Waals surface area (Å²) in [7, 11) is -3.59. The Morgan fingerprint density at radius 2 is 1.47 bits per heavy atom. The van der Waals surface area contributed by atoms with Crippen LogP contribution in [0.2, 0.25) is 0 Å². The molecule has 10 heteroatoms. The number of aromatic nitrogens is 2. The molecule has 2 aromatic carbocycles. The second-order valence-electron chi connectivity index (χ2n) is 8.61. The van der Waals surface area contributed by atoms with Gasteiger partial charge in [-0.25, -0.2) is 18.4 Å². The summed E-state index contributed by atoms with van der Waals surface area (Å²) in [4.78, 5) is 27.8. The highest BCUT2D eigenvalue weighted by Crippen LogP contribution is 2.23. The average Bonchev–Trinajstić information content (AvgIpc) is 2.89. The molecule has 0 spiro atoms. The second kappa shape index (κ2) is 9.65. The van der Waals surface area contributed by atoms with Gasteiger partial charge in [0.15, 0.2) is 0 Å². The quantitative estimate of drug-likeness (QED) is 0.544. The van der Waals surface area contributed by atoms with Crippen LogP contribution >= 0.6 is 0 Å². The van der Waals surface area contributed by atoms with Gasteiger partial charge in [0.2, 0.25) is 21.9 Å². The standard InChI is InChI=1S/C24H28N6O3S/c31-23(19-27-10-12-29(13-11-27)24-25-8-3-9-26-24)28-14-16-30(17-15-28)34(32,33)22-7-6-20-4-1-2-5-21(20)18-22/h1-9,18H,10-17,19H2. The minimum Gasteiger partial charge on any atom is -0.339 e. The van der Waals surface area contributed by atoms with Crippen LogP contribution in [-0.2, 0) is 14.8 Å². The van der Waals surface area contributed by atoms with Crippen LogP contribution in [0.4, 0.5) is 5.95 Å². The summed E-state index contributed by atoms with van der Waals surface area (Å²) in [5, 5.41) is 1.91. The molecule has 178 valence electrons. The molecule has 0 radical (unpaired) electrons. The Morgan fingerprint density at radius 1 is 0.794 bits per heavy atom. The van der Waals surface area contributed by atoms with Crippen molar-refractivity contribution in [3.8, 4) is 0 Å². The third kappa shape index (κ3) is 4.75. The minimum atomic E-state index is -3.59. The fourth-order valence-electron chi connectivity index (χ4n) is 4.51. The molecule has 5 rings (SSSR count). The van der Waals surface area contributed by atoms with Gasteiger partial charge in [-0.15, -0.1) is 0 Å². The molecule has 34 heavy (non-hydrogen) atoms. The zero-order valence-corrected chi connectivity index (χ0v) is 19.8. The Kier molecular flexibility index (Phi) is 6.44. The average molecular weight is 481 g/mol. The maximum atomic E-state index is 13.2. The molecule has 0 atom stereocenters. The molecule has 0 bridgehead atoms. The number of carbonyl (C=O) groups is 1. The molecule has 3 heterocycles. The van der Waals surface area contributed by atoms with Gasteiger partial charge in [0.1, 0.15) is 0 Å². The van der Waals surface area contributed by atoms with E-state index >= 15 is 0 Å². The molecule has 2 aliphatic rings. The summed E-state index contributed by atoms with van der Waals surface area (Å²) in [6.45, 7) is 4.85. The van der Waals surface area contributed by atoms with Gasteiger partial charge in [-0.2, -0.15) is 4.31 Å². The van der Waals surface area contributed by atoms with E-state index < -0.39 is 10.0 Å². The number of hydrogen-bond donors (Lipinski definition) is 0. The van der Waals surface area contributed by atoms with Crippen LogP contribution in [-0.4, -0.2) is 97.3 Å². The number of anilines is 1. The lowest BCUT2D eigenvalue weighted by Crippen LogP contribution is -2.54. The number of piperazine rings is 2. The highest BCUT2D eigenvalue weighted by atomic mass is 32.2. The van der Waals surface area contributed by atoms with E-state index in [2.05, 4.69) is 19.8 Å². The van der Waals surface area contributed by atoms with E-state index in [-0.39, 0.29) is 5.91 Å². The first-order chi connectivity index (χ1) is 16.5. The lowest BCUT2D eigenvalue weighted by Gasteiger charge is -2.37. The van der Waals surface area contributed by atoms with E-state index in [1.807, 2.05) is 30.3 Å². The zero-order valence-electron chi connectivity index (χ0n) is 19.0. The van der Waals surface area contributed by atoms with Gasteiger partial charge in [0.05, 0.1) is 11.4 Å². The van der Waals surface area contributed by atoms with E-state index in [1.165, 1.54) is 4.31 Å². The van der Waals surface area contributed by atoms with Gasteiger partial charge in [-0.05, 0) is 29.0 Å². The van der Waals surface area contributed by atoms with Crippen LogP contribution in [0.3, 0.4) is 0 Å². The Bertz CT molecular complexity index is 1250. The highest BCUT2D eigenvalue weighted by Gasteiger charge is 2.31. The molecule has 0 unspecified atom stereocenters. The number of carbonyl (C=O) groups excluding carboxylic acids is 1. The van der Waals surface area contributed by atoms with E-state index in [0.717, 1.165) is 42.9 Å². The SMILES string of the molecule is O=C(CN1CCN(c2ncccn2)CC1)N1CCN(S(=O)(=O)c2ccc3ccccc3c2)CC1. The van der Waals surface area contributed by atoms with E-state index in [1.54, 1.807) is 35.5 Å². The third-order valence-electron chi connectivity index (χ3n) is 6.52. The summed E-state index contributed by atoms with van der Waals surface area (Å²) >= 11 is 0. The number of hydrogen-bond acceptors (Lipinski definition) is 7. The molecule has 1 aromatic heterocycles. The van der Waals surface area contributed by atoms with Crippen molar-refractivity contribution in [1.82, 2.24) is 24.1 Å². The van der Waals surface area contributed by atoms with Crippen molar-refractivity contribution in [3.05, 3.63) is 60.9 Å². The smallest absolute Gasteiger partial charge is 0.243 e. The number of sulfonamides is 1. The molecular weight excluding hydrogens is 452 g/mol. The van der Waals surface area contributed by atoms with Crippen molar-refractivity contribution in [2.24, 2.45) is 0 Å². The third-order valence-corrected chi connectivity index (χ3v) is 8.41. The minimum absolute atomic E-state index is 0.0483. The molecule has 3 aromatic rings. The normalized spacial score (nSPS) is 18.4. The largest absolute Gasteiger partial charge is 0.339 e. The maximum Gasteiger partial charge on any atom is 0.243 e. The van der Waals surface area contributed by atoms with E-state index in [0.29, 0.717) is 37.6 Å². The molecule has 9 nitrogen and oxygen atoms in total. The number of benzene rings is 2. The fourth-order valence-corrected chi connectivity index (χ4v) is 5.96. The summed E-state index contributed by atoms with van der Waals surface area (Å²) < 4.78 is 27.8. The van der Waals surface area contributed by atoms with Gasteiger partial charge in [-0.3, -0.25) is 9.69 Å². The van der Waals surface area contributed by atoms with Crippen LogP contribution in [0.5, 0.6) is 0 Å². The van der Waals surface area contributed by atoms with Crippen molar-refractivity contribution in [1.29, 1.82) is 0 Å². The van der Waals surface area contributed by atoms with Crippen molar-refractivity contribution in [3.63, 3.8) is 0 Å². The predicted octanol–water partition coefficient (Wildman–Crippen LogP) is 1.28. The van der Waals surface area contributed by atoms with Crippen molar-refractivity contribution < 1.29 is 13.2 Å². The summed E-state index contributed by atoms with van der Waals surface area (Å²) in [5.41, 5.74) is 0. The Hall–Kier alpha value is -3.08. The van der Waals surface area contributed by atoms with E-state index in [9.17, 15) is 13.2 Å². The van der Waals surface area contributed by atoms with Crippen LogP contribution < -0.4 is 4.90 Å². The monoisotopic (exact) mass is 480 g/mol. The van der Waals surface area contributed by atoms with Crippen LogP contribution in [0, 0.1) is 0 Å². The molecule has 2 fully saturated rings. The topological polar surface area (TPSA) is 90.0 Å². The molecule has 0 aliphatic carbocycles. The Morgan fingerprint density at radius 3 is 2.18 bits per heavy atom. The Labute approximate surface area is 199 Å². The van der Waals surface area contributed by atoms with E-state index in [4.69, 9.17) is 0 Å².